The molecule has 4 heteroatoms. The lowest BCUT2D eigenvalue weighted by Crippen LogP contribution is -2.29. The van der Waals surface area contributed by atoms with Gasteiger partial charge in [0.2, 0.25) is 0 Å². The average Bonchev–Trinajstić information content (AvgIpc) is 1.97. The van der Waals surface area contributed by atoms with Gasteiger partial charge in [0.15, 0.2) is 0 Å². The van der Waals surface area contributed by atoms with Gasteiger partial charge in [-0.15, -0.1) is 11.6 Å². The summed E-state index contributed by atoms with van der Waals surface area (Å²) in [5.41, 5.74) is 0. The second-order valence-electron chi connectivity index (χ2n) is 2.37. The van der Waals surface area contributed by atoms with Gasteiger partial charge in [-0.05, 0) is 6.42 Å². The van der Waals surface area contributed by atoms with Crippen LogP contribution in [0, 0.1) is 0 Å². The van der Waals surface area contributed by atoms with Gasteiger partial charge in [-0.1, -0.05) is 19.8 Å². The van der Waals surface area contributed by atoms with Crippen LogP contribution in [0.1, 0.15) is 26.2 Å². The Balaban J connectivity index is 3.44. The maximum Gasteiger partial charge on any atom is 0.408 e. The summed E-state index contributed by atoms with van der Waals surface area (Å²) >= 11 is 5.39. The highest BCUT2D eigenvalue weighted by Crippen LogP contribution is 1.99. The van der Waals surface area contributed by atoms with Crippen molar-refractivity contribution in [2.45, 2.75) is 26.2 Å². The second kappa shape index (κ2) is 6.28. The summed E-state index contributed by atoms with van der Waals surface area (Å²) in [7, 11) is 0. The Morgan fingerprint density at radius 1 is 1.55 bits per heavy atom. The molecule has 0 heterocycles. The van der Waals surface area contributed by atoms with Crippen LogP contribution in [0.15, 0.2) is 0 Å². The molecule has 0 aromatic heterocycles. The molecule has 0 bridgehead atoms. The number of amides is 1. The van der Waals surface area contributed by atoms with Gasteiger partial charge >= 0.3 is 6.09 Å². The maximum absolute atomic E-state index is 10.4. The zero-order valence-corrected chi connectivity index (χ0v) is 7.47. The summed E-state index contributed by atoms with van der Waals surface area (Å²) < 4.78 is 0. The van der Waals surface area contributed by atoms with E-state index < -0.39 is 6.09 Å². The van der Waals surface area contributed by atoms with Gasteiger partial charge < -0.3 is 5.11 Å². The first-order chi connectivity index (χ1) is 5.22. The van der Waals surface area contributed by atoms with Gasteiger partial charge in [-0.25, -0.2) is 4.79 Å². The lowest BCUT2D eigenvalue weighted by Gasteiger charge is -2.14. The summed E-state index contributed by atoms with van der Waals surface area (Å²) in [6.07, 6.45) is 2.11. The van der Waals surface area contributed by atoms with Crippen molar-refractivity contribution in [2.24, 2.45) is 0 Å². The quantitative estimate of drug-likeness (QED) is 0.400. The number of hydrogen-bond acceptors (Lipinski definition) is 1. The largest absolute Gasteiger partial charge is 0.465 e. The highest BCUT2D eigenvalue weighted by Gasteiger charge is 2.07. The van der Waals surface area contributed by atoms with E-state index in [4.69, 9.17) is 16.7 Å². The Bertz CT molecular complexity index is 119. The first-order valence-corrected chi connectivity index (χ1v) is 4.29. The third kappa shape index (κ3) is 4.90. The Morgan fingerprint density at radius 3 is 2.55 bits per heavy atom. The molecule has 11 heavy (non-hydrogen) atoms. The predicted molar refractivity (Wildman–Crippen MR) is 45.0 cm³/mol. The van der Waals surface area contributed by atoms with Crippen molar-refractivity contribution in [3.8, 4) is 0 Å². The van der Waals surface area contributed by atoms with Crippen LogP contribution in [0.5, 0.6) is 0 Å². The van der Waals surface area contributed by atoms with Gasteiger partial charge in [-0.2, -0.15) is 0 Å². The molecule has 0 saturated heterocycles. The molecule has 0 aromatic carbocycles. The third-order valence-electron chi connectivity index (χ3n) is 1.45. The van der Waals surface area contributed by atoms with Crippen molar-refractivity contribution in [3.63, 3.8) is 0 Å². The molecule has 0 radical (unpaired) electrons. The SMILES string of the molecule is CCCCCN(CCl)C(=O)O. The van der Waals surface area contributed by atoms with E-state index in [1.165, 1.54) is 4.90 Å². The number of alkyl halides is 1. The van der Waals surface area contributed by atoms with E-state index in [0.29, 0.717) is 6.54 Å². The Labute approximate surface area is 71.9 Å². The lowest BCUT2D eigenvalue weighted by atomic mass is 10.2. The van der Waals surface area contributed by atoms with Crippen molar-refractivity contribution in [3.05, 3.63) is 0 Å². The minimum absolute atomic E-state index is 0.0685. The highest BCUT2D eigenvalue weighted by molar-refractivity contribution is 6.18. The van der Waals surface area contributed by atoms with Crippen LogP contribution in [0.2, 0.25) is 0 Å². The van der Waals surface area contributed by atoms with E-state index in [9.17, 15) is 4.79 Å². The fourth-order valence-electron chi connectivity index (χ4n) is 0.759. The van der Waals surface area contributed by atoms with E-state index in [2.05, 4.69) is 6.92 Å². The van der Waals surface area contributed by atoms with Crippen LogP contribution in [-0.4, -0.2) is 28.6 Å². The number of carbonyl (C=O) groups is 1. The third-order valence-corrected chi connectivity index (χ3v) is 1.73. The smallest absolute Gasteiger partial charge is 0.408 e. The molecular formula is C7H14ClNO2. The van der Waals surface area contributed by atoms with Gasteiger partial charge in [0, 0.05) is 6.54 Å². The normalized spacial score (nSPS) is 9.64. The topological polar surface area (TPSA) is 40.5 Å². The fourth-order valence-corrected chi connectivity index (χ4v) is 0.981. The number of unbranched alkanes of at least 4 members (excludes halogenated alkanes) is 2. The van der Waals surface area contributed by atoms with E-state index >= 15 is 0 Å². The van der Waals surface area contributed by atoms with E-state index in [-0.39, 0.29) is 6.00 Å². The molecule has 66 valence electrons. The zero-order chi connectivity index (χ0) is 8.69. The molecular weight excluding hydrogens is 166 g/mol. The molecule has 3 nitrogen and oxygen atoms in total. The van der Waals surface area contributed by atoms with Crippen LogP contribution in [0.3, 0.4) is 0 Å². The predicted octanol–water partition coefficient (Wildman–Crippen LogP) is 2.35. The monoisotopic (exact) mass is 179 g/mol. The molecule has 1 N–H and O–H groups in total. The summed E-state index contributed by atoms with van der Waals surface area (Å²) in [6, 6.07) is 0.0685. The Hall–Kier alpha value is -0.440. The zero-order valence-electron chi connectivity index (χ0n) is 6.72. The minimum atomic E-state index is -0.934. The molecule has 0 aliphatic heterocycles. The van der Waals surface area contributed by atoms with Crippen LogP contribution in [0.25, 0.3) is 0 Å². The molecule has 1 amide bonds. The number of carboxylic acid groups (broad SMARTS) is 1. The first-order valence-electron chi connectivity index (χ1n) is 3.76. The van der Waals surface area contributed by atoms with Crippen LogP contribution in [-0.2, 0) is 0 Å². The lowest BCUT2D eigenvalue weighted by molar-refractivity contribution is 0.152. The Morgan fingerprint density at radius 2 is 2.18 bits per heavy atom. The molecule has 0 unspecified atom stereocenters. The van der Waals surface area contributed by atoms with Crippen LogP contribution < -0.4 is 0 Å². The number of nitrogens with zero attached hydrogens (tertiary/aromatic N) is 1. The van der Waals surface area contributed by atoms with Crippen molar-refractivity contribution in [1.82, 2.24) is 4.90 Å². The van der Waals surface area contributed by atoms with E-state index in [1.54, 1.807) is 0 Å². The Kier molecular flexibility index (Phi) is 6.03. The molecule has 0 saturated carbocycles. The summed E-state index contributed by atoms with van der Waals surface area (Å²) in [4.78, 5) is 11.6. The fraction of sp³-hybridized carbons (Fsp3) is 0.857. The minimum Gasteiger partial charge on any atom is -0.465 e. The molecule has 0 aromatic rings. The molecule has 0 fully saturated rings. The molecule has 0 rings (SSSR count). The second-order valence-corrected chi connectivity index (χ2v) is 2.61. The average molecular weight is 180 g/mol. The van der Waals surface area contributed by atoms with Gasteiger partial charge in [0.1, 0.15) is 0 Å². The van der Waals surface area contributed by atoms with Crippen molar-refractivity contribution < 1.29 is 9.90 Å². The van der Waals surface area contributed by atoms with Gasteiger partial charge in [0.05, 0.1) is 6.00 Å². The van der Waals surface area contributed by atoms with Gasteiger partial charge in [0.25, 0.3) is 0 Å². The maximum atomic E-state index is 10.4. The van der Waals surface area contributed by atoms with Crippen molar-refractivity contribution in [1.29, 1.82) is 0 Å². The van der Waals surface area contributed by atoms with Gasteiger partial charge in [-0.3, -0.25) is 4.90 Å². The van der Waals surface area contributed by atoms with E-state index in [1.807, 2.05) is 0 Å². The molecule has 0 spiro atoms. The van der Waals surface area contributed by atoms with Crippen LogP contribution >= 0.6 is 11.6 Å². The van der Waals surface area contributed by atoms with Crippen molar-refractivity contribution >= 4 is 17.7 Å². The summed E-state index contributed by atoms with van der Waals surface area (Å²) in [5.74, 6) is 0. The number of halogens is 1. The molecule has 0 atom stereocenters. The summed E-state index contributed by atoms with van der Waals surface area (Å²) in [5, 5.41) is 8.51. The summed E-state index contributed by atoms with van der Waals surface area (Å²) in [6.45, 7) is 2.62. The molecule has 0 aliphatic carbocycles. The first kappa shape index (κ1) is 10.6. The van der Waals surface area contributed by atoms with Crippen LogP contribution in [0.4, 0.5) is 4.79 Å². The van der Waals surface area contributed by atoms with E-state index in [0.717, 1.165) is 19.3 Å². The number of hydrogen-bond donors (Lipinski definition) is 1. The highest BCUT2D eigenvalue weighted by atomic mass is 35.5. The standard InChI is InChI=1S/C7H14ClNO2/c1-2-3-4-5-9(6-8)7(10)11/h2-6H2,1H3,(H,10,11). The number of rotatable bonds is 5. The van der Waals surface area contributed by atoms with Crippen molar-refractivity contribution in [2.75, 3.05) is 12.5 Å². The molecule has 0 aliphatic rings.